The van der Waals surface area contributed by atoms with Crippen molar-refractivity contribution in [2.45, 2.75) is 232 Å². The summed E-state index contributed by atoms with van der Waals surface area (Å²) < 4.78 is 10.6. The monoisotopic (exact) mass is 638 g/mol. The van der Waals surface area contributed by atoms with Crippen LogP contribution in [-0.4, -0.2) is 31.2 Å². The molecule has 0 aromatic rings. The van der Waals surface area contributed by atoms with E-state index in [9.17, 15) is 9.59 Å². The Bertz CT molecular complexity index is 611. The van der Waals surface area contributed by atoms with E-state index in [1.54, 1.807) is 0 Å². The van der Waals surface area contributed by atoms with Gasteiger partial charge in [0.05, 0.1) is 19.6 Å². The summed E-state index contributed by atoms with van der Waals surface area (Å²) in [5.74, 6) is -0.891. The Kier molecular flexibility index (Phi) is 36.4. The third-order valence-corrected chi connectivity index (χ3v) is 9.19. The van der Waals surface area contributed by atoms with Crippen molar-refractivity contribution in [3.63, 3.8) is 0 Å². The minimum Gasteiger partial charge on any atom is -0.466 e. The molecular weight excluding hydrogens is 558 g/mol. The number of rotatable bonds is 37. The SMILES string of the molecule is CCCCCCCCCCCCCCCCCCOC(=O)CC(N)C(=O)OCCCCCCCCCCCCCCCCCC. The molecule has 0 aromatic heterocycles. The minimum absolute atomic E-state index is 0.101. The maximum Gasteiger partial charge on any atom is 0.323 e. The number of hydrogen-bond acceptors (Lipinski definition) is 5. The van der Waals surface area contributed by atoms with Gasteiger partial charge in [-0.1, -0.05) is 206 Å². The molecule has 0 fully saturated rings. The summed E-state index contributed by atoms with van der Waals surface area (Å²) in [7, 11) is 0. The molecule has 5 heteroatoms. The van der Waals surface area contributed by atoms with E-state index in [2.05, 4.69) is 13.8 Å². The quantitative estimate of drug-likeness (QED) is 0.0541. The average molecular weight is 638 g/mol. The van der Waals surface area contributed by atoms with Crippen molar-refractivity contribution in [2.75, 3.05) is 13.2 Å². The van der Waals surface area contributed by atoms with Gasteiger partial charge in [-0.3, -0.25) is 9.59 Å². The first kappa shape index (κ1) is 43.9. The highest BCUT2D eigenvalue weighted by Crippen LogP contribution is 2.15. The number of carbonyl (C=O) groups is 2. The van der Waals surface area contributed by atoms with Gasteiger partial charge in [0.1, 0.15) is 6.04 Å². The molecule has 5 nitrogen and oxygen atoms in total. The van der Waals surface area contributed by atoms with Gasteiger partial charge in [-0.05, 0) is 12.8 Å². The van der Waals surface area contributed by atoms with Gasteiger partial charge >= 0.3 is 11.9 Å². The van der Waals surface area contributed by atoms with Gasteiger partial charge in [0, 0.05) is 0 Å². The maximum absolute atomic E-state index is 12.1. The van der Waals surface area contributed by atoms with E-state index in [0.717, 1.165) is 25.7 Å². The lowest BCUT2D eigenvalue weighted by Gasteiger charge is -2.11. The molecule has 1 unspecified atom stereocenters. The molecule has 0 saturated carbocycles. The van der Waals surface area contributed by atoms with Crippen LogP contribution in [-0.2, 0) is 19.1 Å². The number of unbranched alkanes of at least 4 members (excludes halogenated alkanes) is 30. The minimum atomic E-state index is -0.927. The van der Waals surface area contributed by atoms with E-state index in [4.69, 9.17) is 15.2 Å². The predicted octanol–water partition coefficient (Wildman–Crippen LogP) is 12.3. The van der Waals surface area contributed by atoms with Crippen LogP contribution in [0.25, 0.3) is 0 Å². The lowest BCUT2D eigenvalue weighted by Crippen LogP contribution is -2.35. The molecule has 1 atom stereocenters. The highest BCUT2D eigenvalue weighted by atomic mass is 16.5. The number of carbonyl (C=O) groups excluding carboxylic acids is 2. The summed E-state index contributed by atoms with van der Waals surface area (Å²) in [5, 5.41) is 0. The van der Waals surface area contributed by atoms with Gasteiger partial charge in [0.25, 0.3) is 0 Å². The summed E-state index contributed by atoms with van der Waals surface area (Å²) in [6.07, 6.45) is 42.0. The van der Waals surface area contributed by atoms with Gasteiger partial charge in [-0.2, -0.15) is 0 Å². The summed E-state index contributed by atoms with van der Waals surface area (Å²) in [6, 6.07) is -0.927. The summed E-state index contributed by atoms with van der Waals surface area (Å²) in [4.78, 5) is 24.2. The van der Waals surface area contributed by atoms with Crippen molar-refractivity contribution in [2.24, 2.45) is 5.73 Å². The van der Waals surface area contributed by atoms with E-state index in [-0.39, 0.29) is 6.42 Å². The predicted molar refractivity (Wildman–Crippen MR) is 194 cm³/mol. The zero-order chi connectivity index (χ0) is 32.9. The van der Waals surface area contributed by atoms with Crippen LogP contribution >= 0.6 is 0 Å². The maximum atomic E-state index is 12.1. The average Bonchev–Trinajstić information content (AvgIpc) is 3.03. The van der Waals surface area contributed by atoms with Gasteiger partial charge < -0.3 is 15.2 Å². The van der Waals surface area contributed by atoms with E-state index in [0.29, 0.717) is 13.2 Å². The fourth-order valence-corrected chi connectivity index (χ4v) is 6.09. The lowest BCUT2D eigenvalue weighted by atomic mass is 10.0. The van der Waals surface area contributed by atoms with Crippen molar-refractivity contribution in [3.05, 3.63) is 0 Å². The molecule has 45 heavy (non-hydrogen) atoms. The number of nitrogens with two attached hydrogens (primary N) is 1. The van der Waals surface area contributed by atoms with Crippen LogP contribution in [0.15, 0.2) is 0 Å². The van der Waals surface area contributed by atoms with Gasteiger partial charge in [-0.25, -0.2) is 0 Å². The molecule has 0 aromatic carbocycles. The number of hydrogen-bond donors (Lipinski definition) is 1. The molecule has 0 amide bonds. The number of ether oxygens (including phenoxy) is 2. The van der Waals surface area contributed by atoms with Crippen LogP contribution in [0.4, 0.5) is 0 Å². The number of esters is 2. The largest absolute Gasteiger partial charge is 0.466 e. The fraction of sp³-hybridized carbons (Fsp3) is 0.950. The van der Waals surface area contributed by atoms with Crippen LogP contribution < -0.4 is 5.73 Å². The van der Waals surface area contributed by atoms with Crippen LogP contribution in [0.2, 0.25) is 0 Å². The topological polar surface area (TPSA) is 78.6 Å². The Morgan fingerprint density at radius 2 is 0.644 bits per heavy atom. The van der Waals surface area contributed by atoms with Crippen LogP contribution in [0, 0.1) is 0 Å². The molecule has 0 rings (SSSR count). The van der Waals surface area contributed by atoms with Crippen LogP contribution in [0.3, 0.4) is 0 Å². The first-order valence-electron chi connectivity index (χ1n) is 20.2. The van der Waals surface area contributed by atoms with E-state index < -0.39 is 18.0 Å². The first-order chi connectivity index (χ1) is 22.1. The molecule has 0 aliphatic heterocycles. The van der Waals surface area contributed by atoms with Gasteiger partial charge in [-0.15, -0.1) is 0 Å². The zero-order valence-corrected chi connectivity index (χ0v) is 30.5. The standard InChI is InChI=1S/C40H79NO4/c1-3-5-7-9-11-13-15-17-19-21-23-25-27-29-31-33-35-44-39(42)37-38(41)40(43)45-36-34-32-30-28-26-24-22-20-18-16-14-12-10-8-6-4-2/h38H,3-37,41H2,1-2H3. The normalized spacial score (nSPS) is 12.0. The molecule has 0 spiro atoms. The molecule has 0 bridgehead atoms. The van der Waals surface area contributed by atoms with Crippen molar-refractivity contribution in [1.82, 2.24) is 0 Å². The summed E-state index contributed by atoms with van der Waals surface area (Å²) in [6.45, 7) is 5.36. The van der Waals surface area contributed by atoms with Crippen molar-refractivity contribution < 1.29 is 19.1 Å². The fourth-order valence-electron chi connectivity index (χ4n) is 6.09. The third kappa shape index (κ3) is 35.6. The summed E-state index contributed by atoms with van der Waals surface area (Å²) in [5.41, 5.74) is 5.88. The Morgan fingerprint density at radius 1 is 0.400 bits per heavy atom. The highest BCUT2D eigenvalue weighted by Gasteiger charge is 2.19. The second-order valence-electron chi connectivity index (χ2n) is 13.8. The van der Waals surface area contributed by atoms with E-state index in [1.807, 2.05) is 0 Å². The second-order valence-corrected chi connectivity index (χ2v) is 13.8. The Hall–Kier alpha value is -1.10. The lowest BCUT2D eigenvalue weighted by molar-refractivity contribution is -0.152. The Morgan fingerprint density at radius 3 is 0.933 bits per heavy atom. The Labute approximate surface area is 281 Å². The molecule has 0 aliphatic carbocycles. The molecular formula is C40H79NO4. The van der Waals surface area contributed by atoms with Crippen molar-refractivity contribution in [3.8, 4) is 0 Å². The van der Waals surface area contributed by atoms with Crippen LogP contribution in [0.5, 0.6) is 0 Å². The van der Waals surface area contributed by atoms with Gasteiger partial charge in [0.2, 0.25) is 0 Å². The second kappa shape index (κ2) is 37.4. The van der Waals surface area contributed by atoms with Gasteiger partial charge in [0.15, 0.2) is 0 Å². The van der Waals surface area contributed by atoms with Crippen molar-refractivity contribution in [1.29, 1.82) is 0 Å². The molecule has 268 valence electrons. The smallest absolute Gasteiger partial charge is 0.323 e. The summed E-state index contributed by atoms with van der Waals surface area (Å²) >= 11 is 0. The first-order valence-corrected chi connectivity index (χ1v) is 20.2. The molecule has 0 saturated heterocycles. The zero-order valence-electron chi connectivity index (χ0n) is 30.5. The highest BCUT2D eigenvalue weighted by molar-refractivity contribution is 5.82. The van der Waals surface area contributed by atoms with E-state index in [1.165, 1.54) is 180 Å². The molecule has 0 radical (unpaired) electrons. The van der Waals surface area contributed by atoms with Crippen molar-refractivity contribution >= 4 is 11.9 Å². The third-order valence-electron chi connectivity index (χ3n) is 9.19. The molecule has 0 heterocycles. The Balaban J connectivity index is 3.38. The molecule has 0 aliphatic rings. The van der Waals surface area contributed by atoms with E-state index >= 15 is 0 Å². The molecule has 2 N–H and O–H groups in total. The van der Waals surface area contributed by atoms with Crippen LogP contribution in [0.1, 0.15) is 226 Å².